The molecule has 1 amide bonds. The number of hydrogen-bond donors (Lipinski definition) is 1. The maximum Gasteiger partial charge on any atom is 0.240 e. The van der Waals surface area contributed by atoms with Crippen molar-refractivity contribution >= 4 is 33.3 Å². The minimum absolute atomic E-state index is 0.287. The minimum atomic E-state index is -0.295. The van der Waals surface area contributed by atoms with Gasteiger partial charge in [-0.2, -0.15) is 0 Å². The molecule has 0 unspecified atom stereocenters. The van der Waals surface area contributed by atoms with Crippen LogP contribution in [0.3, 0.4) is 0 Å². The lowest BCUT2D eigenvalue weighted by molar-refractivity contribution is -0.119. The summed E-state index contributed by atoms with van der Waals surface area (Å²) >= 11 is 1.63. The van der Waals surface area contributed by atoms with Gasteiger partial charge in [-0.05, 0) is 48.7 Å². The standard InChI is InChI=1S/C18H18N4O2S/c1-24-12-6-4-11(5-7-12)15-9-13-16(25-15)18(21-10-20-13)22-8-2-3-14(22)17(19)23/h4-7,9-10,14H,2-3,8H2,1H3,(H2,19,23)/t14-/m1/s1. The third-order valence-corrected chi connectivity index (χ3v) is 5.69. The summed E-state index contributed by atoms with van der Waals surface area (Å²) in [5.41, 5.74) is 7.55. The van der Waals surface area contributed by atoms with E-state index in [1.54, 1.807) is 24.8 Å². The molecule has 1 aliphatic rings. The van der Waals surface area contributed by atoms with E-state index in [9.17, 15) is 4.79 Å². The van der Waals surface area contributed by atoms with Crippen LogP contribution in [-0.2, 0) is 4.79 Å². The maximum absolute atomic E-state index is 11.7. The first-order valence-corrected chi connectivity index (χ1v) is 8.94. The highest BCUT2D eigenvalue weighted by Gasteiger charge is 2.31. The normalized spacial score (nSPS) is 17.2. The molecule has 3 heterocycles. The van der Waals surface area contributed by atoms with Gasteiger partial charge in [-0.3, -0.25) is 4.79 Å². The van der Waals surface area contributed by atoms with E-state index in [4.69, 9.17) is 10.5 Å². The number of carbonyl (C=O) groups excluding carboxylic acids is 1. The molecule has 7 heteroatoms. The number of hydrogen-bond acceptors (Lipinski definition) is 6. The van der Waals surface area contributed by atoms with Crippen molar-refractivity contribution in [2.45, 2.75) is 18.9 Å². The fraction of sp³-hybridized carbons (Fsp3) is 0.278. The molecule has 1 atom stereocenters. The maximum atomic E-state index is 11.7. The number of nitrogens with two attached hydrogens (primary N) is 1. The Morgan fingerprint density at radius 2 is 2.12 bits per heavy atom. The Morgan fingerprint density at radius 3 is 2.84 bits per heavy atom. The zero-order valence-corrected chi connectivity index (χ0v) is 14.6. The summed E-state index contributed by atoms with van der Waals surface area (Å²) < 4.78 is 6.20. The second kappa shape index (κ2) is 6.33. The number of fused-ring (bicyclic) bond motifs is 1. The van der Waals surface area contributed by atoms with Gasteiger partial charge in [0.1, 0.15) is 18.1 Å². The number of anilines is 1. The molecule has 0 aliphatic carbocycles. The molecule has 1 aromatic carbocycles. The zero-order chi connectivity index (χ0) is 17.4. The van der Waals surface area contributed by atoms with Crippen LogP contribution in [0.5, 0.6) is 5.75 Å². The largest absolute Gasteiger partial charge is 0.497 e. The third kappa shape index (κ3) is 2.80. The van der Waals surface area contributed by atoms with Crippen LogP contribution in [0.4, 0.5) is 5.82 Å². The zero-order valence-electron chi connectivity index (χ0n) is 13.8. The highest BCUT2D eigenvalue weighted by Crippen LogP contribution is 2.39. The van der Waals surface area contributed by atoms with Gasteiger partial charge < -0.3 is 15.4 Å². The number of nitrogens with zero attached hydrogens (tertiary/aromatic N) is 3. The Morgan fingerprint density at radius 1 is 1.32 bits per heavy atom. The van der Waals surface area contributed by atoms with E-state index in [-0.39, 0.29) is 11.9 Å². The van der Waals surface area contributed by atoms with Crippen molar-refractivity contribution in [3.63, 3.8) is 0 Å². The summed E-state index contributed by atoms with van der Waals surface area (Å²) in [6, 6.07) is 9.70. The Balaban J connectivity index is 1.77. The van der Waals surface area contributed by atoms with Crippen molar-refractivity contribution in [3.8, 4) is 16.2 Å². The number of ether oxygens (including phenoxy) is 1. The fourth-order valence-electron chi connectivity index (χ4n) is 3.26. The van der Waals surface area contributed by atoms with Crippen LogP contribution in [-0.4, -0.2) is 35.6 Å². The highest BCUT2D eigenvalue weighted by atomic mass is 32.1. The van der Waals surface area contributed by atoms with Crippen molar-refractivity contribution in [2.75, 3.05) is 18.6 Å². The first-order valence-electron chi connectivity index (χ1n) is 8.12. The lowest BCUT2D eigenvalue weighted by Crippen LogP contribution is -2.40. The lowest BCUT2D eigenvalue weighted by Gasteiger charge is -2.23. The molecule has 128 valence electrons. The van der Waals surface area contributed by atoms with E-state index in [0.29, 0.717) is 0 Å². The molecule has 2 aromatic heterocycles. The van der Waals surface area contributed by atoms with Crippen LogP contribution in [0.1, 0.15) is 12.8 Å². The second-order valence-electron chi connectivity index (χ2n) is 6.00. The first-order chi connectivity index (χ1) is 12.2. The average Bonchev–Trinajstić information content (AvgIpc) is 3.28. The molecule has 2 N–H and O–H groups in total. The van der Waals surface area contributed by atoms with Gasteiger partial charge in [0, 0.05) is 11.4 Å². The molecular weight excluding hydrogens is 336 g/mol. The van der Waals surface area contributed by atoms with E-state index in [2.05, 4.69) is 16.0 Å². The predicted octanol–water partition coefficient (Wildman–Crippen LogP) is 2.82. The fourth-order valence-corrected chi connectivity index (χ4v) is 4.38. The van der Waals surface area contributed by atoms with Crippen molar-refractivity contribution in [1.29, 1.82) is 0 Å². The van der Waals surface area contributed by atoms with Gasteiger partial charge in [-0.1, -0.05) is 0 Å². The quantitative estimate of drug-likeness (QED) is 0.779. The Hall–Kier alpha value is -2.67. The van der Waals surface area contributed by atoms with E-state index in [1.165, 1.54) is 0 Å². The van der Waals surface area contributed by atoms with E-state index in [0.717, 1.165) is 51.6 Å². The highest BCUT2D eigenvalue weighted by molar-refractivity contribution is 7.22. The molecule has 0 saturated carbocycles. The Kier molecular flexibility index (Phi) is 4.01. The molecule has 25 heavy (non-hydrogen) atoms. The summed E-state index contributed by atoms with van der Waals surface area (Å²) in [7, 11) is 1.65. The monoisotopic (exact) mass is 354 g/mol. The average molecular weight is 354 g/mol. The molecule has 1 fully saturated rings. The number of carbonyl (C=O) groups is 1. The second-order valence-corrected chi connectivity index (χ2v) is 7.06. The smallest absolute Gasteiger partial charge is 0.240 e. The van der Waals surface area contributed by atoms with Crippen LogP contribution in [0.25, 0.3) is 20.7 Å². The van der Waals surface area contributed by atoms with E-state index < -0.39 is 0 Å². The van der Waals surface area contributed by atoms with E-state index in [1.807, 2.05) is 29.2 Å². The Labute approximate surface area is 149 Å². The van der Waals surface area contributed by atoms with Gasteiger partial charge in [0.2, 0.25) is 5.91 Å². The van der Waals surface area contributed by atoms with Gasteiger partial charge in [0.15, 0.2) is 5.82 Å². The van der Waals surface area contributed by atoms with Crippen molar-refractivity contribution in [2.24, 2.45) is 5.73 Å². The topological polar surface area (TPSA) is 81.3 Å². The number of thiophene rings is 1. The van der Waals surface area contributed by atoms with Gasteiger partial charge in [-0.15, -0.1) is 11.3 Å². The molecule has 6 nitrogen and oxygen atoms in total. The number of aromatic nitrogens is 2. The molecule has 0 bridgehead atoms. The summed E-state index contributed by atoms with van der Waals surface area (Å²) in [6.45, 7) is 0.787. The molecule has 0 spiro atoms. The SMILES string of the molecule is COc1ccc(-c2cc3ncnc(N4CCC[C@@H]4C(N)=O)c3s2)cc1. The lowest BCUT2D eigenvalue weighted by atomic mass is 10.2. The summed E-state index contributed by atoms with van der Waals surface area (Å²) in [5, 5.41) is 0. The molecule has 3 aromatic rings. The van der Waals surface area contributed by atoms with Crippen LogP contribution in [0, 0.1) is 0 Å². The van der Waals surface area contributed by atoms with Crippen LogP contribution in [0.2, 0.25) is 0 Å². The predicted molar refractivity (Wildman–Crippen MR) is 99.0 cm³/mol. The van der Waals surface area contributed by atoms with Crippen LogP contribution in [0.15, 0.2) is 36.7 Å². The summed E-state index contributed by atoms with van der Waals surface area (Å²) in [5.74, 6) is 1.33. The van der Waals surface area contributed by atoms with Crippen LogP contribution >= 0.6 is 11.3 Å². The van der Waals surface area contributed by atoms with Crippen molar-refractivity contribution in [1.82, 2.24) is 9.97 Å². The molecule has 1 saturated heterocycles. The summed E-state index contributed by atoms with van der Waals surface area (Å²) in [4.78, 5) is 23.7. The first kappa shape index (κ1) is 15.8. The number of amides is 1. The number of benzene rings is 1. The van der Waals surface area contributed by atoms with Gasteiger partial charge in [0.05, 0.1) is 17.3 Å². The Bertz CT molecular complexity index is 922. The van der Waals surface area contributed by atoms with Gasteiger partial charge in [0.25, 0.3) is 0 Å². The molecule has 1 aliphatic heterocycles. The van der Waals surface area contributed by atoms with Gasteiger partial charge in [-0.25, -0.2) is 9.97 Å². The molecule has 4 rings (SSSR count). The molecular formula is C18H18N4O2S. The molecule has 0 radical (unpaired) electrons. The third-order valence-electron chi connectivity index (χ3n) is 4.52. The van der Waals surface area contributed by atoms with Crippen molar-refractivity contribution < 1.29 is 9.53 Å². The number of rotatable bonds is 4. The minimum Gasteiger partial charge on any atom is -0.497 e. The number of primary amides is 1. The van der Waals surface area contributed by atoms with Crippen molar-refractivity contribution in [3.05, 3.63) is 36.7 Å². The van der Waals surface area contributed by atoms with Crippen LogP contribution < -0.4 is 15.4 Å². The number of methoxy groups -OCH3 is 1. The van der Waals surface area contributed by atoms with Gasteiger partial charge >= 0.3 is 0 Å². The summed E-state index contributed by atoms with van der Waals surface area (Å²) in [6.07, 6.45) is 3.27. The van der Waals surface area contributed by atoms with E-state index >= 15 is 0 Å².